The van der Waals surface area contributed by atoms with Crippen LogP contribution in [0.25, 0.3) is 42.7 Å². The van der Waals surface area contributed by atoms with E-state index in [2.05, 4.69) is 23.7 Å². The molecule has 5 aromatic rings. The second kappa shape index (κ2) is 7.11. The average Bonchev–Trinajstić information content (AvgIpc) is 3.18. The third kappa shape index (κ3) is 2.90. The molecule has 3 aromatic heterocycles. The fraction of sp³-hybridized carbons (Fsp3) is 0.174. The number of benzene rings is 2. The van der Waals surface area contributed by atoms with Crippen LogP contribution in [0.5, 0.6) is 0 Å². The predicted octanol–water partition coefficient (Wildman–Crippen LogP) is 5.02. The molecule has 2 aromatic carbocycles. The number of rotatable bonds is 4. The molecule has 0 fully saturated rings. The van der Waals surface area contributed by atoms with Crippen molar-refractivity contribution in [1.29, 1.82) is 0 Å². The van der Waals surface area contributed by atoms with E-state index in [1.807, 2.05) is 42.5 Å². The predicted molar refractivity (Wildman–Crippen MR) is 121 cm³/mol. The van der Waals surface area contributed by atoms with E-state index in [-0.39, 0.29) is 16.5 Å². The van der Waals surface area contributed by atoms with E-state index >= 15 is 0 Å². The molecule has 5 rings (SSSR count). The number of fused-ring (bicyclic) bond motifs is 4. The molecule has 0 aliphatic heterocycles. The van der Waals surface area contributed by atoms with E-state index < -0.39 is 11.3 Å². The van der Waals surface area contributed by atoms with Gasteiger partial charge in [0.05, 0.1) is 21.2 Å². The fourth-order valence-corrected chi connectivity index (χ4v) is 4.65. The van der Waals surface area contributed by atoms with E-state index in [4.69, 9.17) is 8.83 Å². The first-order valence-electron chi connectivity index (χ1n) is 9.74. The van der Waals surface area contributed by atoms with Gasteiger partial charge in [-0.15, -0.1) is 11.3 Å². The smallest absolute Gasteiger partial charge is 0.347 e. The maximum Gasteiger partial charge on any atom is 0.347 e. The lowest BCUT2D eigenvalue weighted by molar-refractivity contribution is 0.544. The van der Waals surface area contributed by atoms with Crippen LogP contribution in [0.2, 0.25) is 0 Å². The standard InChI is InChI=1S/C23H18N2O4S/c1-3-25(4-2)13-9-10-14-18(11-13)28-22(26)15-12-16(23(27)29-20(14)15)21-24-17-7-5-6-8-19(17)30-21/h5-12H,3-4H2,1-2H3. The Kier molecular flexibility index (Phi) is 4.40. The summed E-state index contributed by atoms with van der Waals surface area (Å²) in [4.78, 5) is 32.2. The Morgan fingerprint density at radius 3 is 2.50 bits per heavy atom. The molecule has 0 N–H and O–H groups in total. The van der Waals surface area contributed by atoms with E-state index in [1.165, 1.54) is 17.4 Å². The fourth-order valence-electron chi connectivity index (χ4n) is 3.68. The normalized spacial score (nSPS) is 11.5. The Hall–Kier alpha value is -3.45. The zero-order valence-electron chi connectivity index (χ0n) is 16.5. The monoisotopic (exact) mass is 418 g/mol. The quantitative estimate of drug-likeness (QED) is 0.301. The highest BCUT2D eigenvalue weighted by atomic mass is 32.1. The number of hydrogen-bond donors (Lipinski definition) is 0. The van der Waals surface area contributed by atoms with Crippen LogP contribution in [-0.4, -0.2) is 18.1 Å². The number of para-hydroxylation sites is 1. The number of nitrogens with zero attached hydrogens (tertiary/aromatic N) is 2. The molecule has 0 unspecified atom stereocenters. The van der Waals surface area contributed by atoms with Crippen LogP contribution < -0.4 is 16.2 Å². The van der Waals surface area contributed by atoms with Gasteiger partial charge in [0, 0.05) is 24.8 Å². The molecular weight excluding hydrogens is 400 g/mol. The summed E-state index contributed by atoms with van der Waals surface area (Å²) < 4.78 is 12.2. The third-order valence-corrected chi connectivity index (χ3v) is 6.30. The largest absolute Gasteiger partial charge is 0.422 e. The van der Waals surface area contributed by atoms with Gasteiger partial charge in [0.25, 0.3) is 0 Å². The van der Waals surface area contributed by atoms with Crippen LogP contribution in [0, 0.1) is 0 Å². The van der Waals surface area contributed by atoms with Gasteiger partial charge in [-0.2, -0.15) is 0 Å². The van der Waals surface area contributed by atoms with E-state index in [0.29, 0.717) is 16.0 Å². The highest BCUT2D eigenvalue weighted by Crippen LogP contribution is 2.31. The number of thiazole rings is 1. The summed E-state index contributed by atoms with van der Waals surface area (Å²) in [6.45, 7) is 5.79. The van der Waals surface area contributed by atoms with Gasteiger partial charge in [-0.1, -0.05) is 12.1 Å². The Bertz CT molecular complexity index is 1490. The van der Waals surface area contributed by atoms with Crippen molar-refractivity contribution < 1.29 is 8.83 Å². The van der Waals surface area contributed by atoms with Crippen LogP contribution in [-0.2, 0) is 0 Å². The number of hydrogen-bond acceptors (Lipinski definition) is 7. The van der Waals surface area contributed by atoms with Crippen molar-refractivity contribution in [3.8, 4) is 10.6 Å². The van der Waals surface area contributed by atoms with Gasteiger partial charge in [0.1, 0.15) is 16.0 Å². The van der Waals surface area contributed by atoms with Crippen molar-refractivity contribution in [2.45, 2.75) is 13.8 Å². The highest BCUT2D eigenvalue weighted by Gasteiger charge is 2.18. The molecule has 0 bridgehead atoms. The van der Waals surface area contributed by atoms with Gasteiger partial charge in [-0.05, 0) is 44.2 Å². The van der Waals surface area contributed by atoms with E-state index in [0.717, 1.165) is 29.0 Å². The van der Waals surface area contributed by atoms with Crippen LogP contribution >= 0.6 is 11.3 Å². The summed E-state index contributed by atoms with van der Waals surface area (Å²) in [6, 6.07) is 14.7. The maximum absolute atomic E-state index is 12.8. The van der Waals surface area contributed by atoms with Crippen molar-refractivity contribution in [2.24, 2.45) is 0 Å². The minimum absolute atomic E-state index is 0.229. The SMILES string of the molecule is CCN(CC)c1ccc2c(c1)oc(=O)c1cc(-c3nc4ccccc4s3)c(=O)oc12. The third-order valence-electron chi connectivity index (χ3n) is 5.23. The zero-order chi connectivity index (χ0) is 20.8. The summed E-state index contributed by atoms with van der Waals surface area (Å²) in [7, 11) is 0. The molecule has 6 nitrogen and oxygen atoms in total. The highest BCUT2D eigenvalue weighted by molar-refractivity contribution is 7.21. The lowest BCUT2D eigenvalue weighted by Crippen LogP contribution is -2.21. The van der Waals surface area contributed by atoms with Gasteiger partial charge >= 0.3 is 11.3 Å². The number of aromatic nitrogens is 1. The molecule has 0 saturated carbocycles. The van der Waals surface area contributed by atoms with Crippen molar-refractivity contribution in [2.75, 3.05) is 18.0 Å². The molecule has 0 radical (unpaired) electrons. The van der Waals surface area contributed by atoms with Crippen LogP contribution in [0.15, 0.2) is 67.0 Å². The summed E-state index contributed by atoms with van der Waals surface area (Å²) in [5.41, 5.74) is 1.57. The summed E-state index contributed by atoms with van der Waals surface area (Å²) in [6.07, 6.45) is 0. The number of anilines is 1. The Balaban J connectivity index is 1.74. The maximum atomic E-state index is 12.8. The van der Waals surface area contributed by atoms with Gasteiger partial charge in [-0.25, -0.2) is 14.6 Å². The minimum Gasteiger partial charge on any atom is -0.422 e. The Morgan fingerprint density at radius 1 is 0.933 bits per heavy atom. The summed E-state index contributed by atoms with van der Waals surface area (Å²) in [5, 5.41) is 1.34. The van der Waals surface area contributed by atoms with Crippen molar-refractivity contribution in [3.05, 3.63) is 69.4 Å². The first-order valence-corrected chi connectivity index (χ1v) is 10.6. The van der Waals surface area contributed by atoms with Crippen LogP contribution in [0.4, 0.5) is 5.69 Å². The molecule has 0 saturated heterocycles. The van der Waals surface area contributed by atoms with Gasteiger partial charge in [0.2, 0.25) is 0 Å². The van der Waals surface area contributed by atoms with Gasteiger partial charge < -0.3 is 13.7 Å². The average molecular weight is 418 g/mol. The molecular formula is C23H18N2O4S. The summed E-state index contributed by atoms with van der Waals surface area (Å²) in [5.74, 6) is 0. The van der Waals surface area contributed by atoms with E-state index in [1.54, 1.807) is 0 Å². The van der Waals surface area contributed by atoms with Crippen LogP contribution in [0.3, 0.4) is 0 Å². The molecule has 0 atom stereocenters. The topological polar surface area (TPSA) is 76.6 Å². The van der Waals surface area contributed by atoms with Crippen molar-refractivity contribution in [3.63, 3.8) is 0 Å². The van der Waals surface area contributed by atoms with Crippen molar-refractivity contribution >= 4 is 49.2 Å². The molecule has 0 spiro atoms. The zero-order valence-corrected chi connectivity index (χ0v) is 17.3. The second-order valence-electron chi connectivity index (χ2n) is 6.92. The lowest BCUT2D eigenvalue weighted by Gasteiger charge is -2.21. The molecule has 150 valence electrons. The first kappa shape index (κ1) is 18.6. The molecule has 3 heterocycles. The van der Waals surface area contributed by atoms with Crippen molar-refractivity contribution in [1.82, 2.24) is 4.98 Å². The molecule has 0 aliphatic rings. The van der Waals surface area contributed by atoms with Crippen LogP contribution in [0.1, 0.15) is 13.8 Å². The second-order valence-corrected chi connectivity index (χ2v) is 7.95. The summed E-state index contributed by atoms with van der Waals surface area (Å²) >= 11 is 1.38. The first-order chi connectivity index (χ1) is 14.6. The molecule has 0 aliphatic carbocycles. The molecule has 30 heavy (non-hydrogen) atoms. The minimum atomic E-state index is -0.541. The Morgan fingerprint density at radius 2 is 1.73 bits per heavy atom. The Labute approximate surface area is 175 Å². The molecule has 0 amide bonds. The molecule has 7 heteroatoms. The van der Waals surface area contributed by atoms with Gasteiger partial charge in [0.15, 0.2) is 5.58 Å². The van der Waals surface area contributed by atoms with E-state index in [9.17, 15) is 9.59 Å². The lowest BCUT2D eigenvalue weighted by atomic mass is 10.1. The van der Waals surface area contributed by atoms with Gasteiger partial charge in [-0.3, -0.25) is 0 Å².